The van der Waals surface area contributed by atoms with Crippen LogP contribution in [0.4, 0.5) is 4.39 Å². The summed E-state index contributed by atoms with van der Waals surface area (Å²) in [6, 6.07) is 13.5. The molecule has 0 aliphatic rings. The highest BCUT2D eigenvalue weighted by molar-refractivity contribution is 5.33. The summed E-state index contributed by atoms with van der Waals surface area (Å²) in [7, 11) is 1.43. The molecule has 4 nitrogen and oxygen atoms in total. The van der Waals surface area contributed by atoms with Gasteiger partial charge in [0.05, 0.1) is 24.8 Å². The van der Waals surface area contributed by atoms with Gasteiger partial charge in [-0.3, -0.25) is 0 Å². The first-order valence-electron chi connectivity index (χ1n) is 7.30. The lowest BCUT2D eigenvalue weighted by Crippen LogP contribution is -2.24. The van der Waals surface area contributed by atoms with Crippen molar-refractivity contribution >= 4 is 0 Å². The summed E-state index contributed by atoms with van der Waals surface area (Å²) in [5.41, 5.74) is 2.16. The van der Waals surface area contributed by atoms with Crippen LogP contribution in [0.2, 0.25) is 0 Å². The Bertz CT molecular complexity index is 695. The molecule has 0 saturated heterocycles. The topological polar surface area (TPSA) is 65.3 Å². The highest BCUT2D eigenvalue weighted by Gasteiger charge is 2.12. The Balaban J connectivity index is 1.97. The highest BCUT2D eigenvalue weighted by atomic mass is 19.1. The summed E-state index contributed by atoms with van der Waals surface area (Å²) in [6.45, 7) is 2.27. The zero-order chi connectivity index (χ0) is 16.8. The average molecular weight is 314 g/mol. The van der Waals surface area contributed by atoms with Gasteiger partial charge in [-0.1, -0.05) is 18.2 Å². The van der Waals surface area contributed by atoms with Gasteiger partial charge in [-0.2, -0.15) is 5.26 Å². The number of aliphatic hydroxyl groups excluding tert-OH is 1. The Hall–Kier alpha value is -2.42. The van der Waals surface area contributed by atoms with E-state index in [1.54, 1.807) is 36.4 Å². The van der Waals surface area contributed by atoms with Crippen LogP contribution in [0.5, 0.6) is 5.75 Å². The first kappa shape index (κ1) is 16.9. The van der Waals surface area contributed by atoms with E-state index < -0.39 is 11.9 Å². The van der Waals surface area contributed by atoms with Crippen molar-refractivity contribution in [1.29, 1.82) is 5.26 Å². The second kappa shape index (κ2) is 7.73. The number of halogens is 1. The summed E-state index contributed by atoms with van der Waals surface area (Å²) in [6.07, 6.45) is -0.687. The van der Waals surface area contributed by atoms with E-state index in [0.717, 1.165) is 11.1 Å². The van der Waals surface area contributed by atoms with Crippen molar-refractivity contribution in [3.63, 3.8) is 0 Å². The molecule has 120 valence electrons. The molecule has 2 rings (SSSR count). The van der Waals surface area contributed by atoms with Gasteiger partial charge in [-0.05, 0) is 42.3 Å². The van der Waals surface area contributed by atoms with Crippen LogP contribution in [0.3, 0.4) is 0 Å². The first-order valence-corrected chi connectivity index (χ1v) is 7.30. The minimum atomic E-state index is -0.687. The van der Waals surface area contributed by atoms with Crippen molar-refractivity contribution in [2.75, 3.05) is 13.7 Å². The van der Waals surface area contributed by atoms with Crippen molar-refractivity contribution in [1.82, 2.24) is 5.32 Å². The molecule has 2 unspecified atom stereocenters. The van der Waals surface area contributed by atoms with Gasteiger partial charge in [0.2, 0.25) is 0 Å². The van der Waals surface area contributed by atoms with Crippen LogP contribution < -0.4 is 10.1 Å². The maximum atomic E-state index is 13.4. The molecule has 23 heavy (non-hydrogen) atoms. The molecule has 2 atom stereocenters. The molecule has 0 saturated carbocycles. The van der Waals surface area contributed by atoms with Crippen LogP contribution >= 0.6 is 0 Å². The van der Waals surface area contributed by atoms with E-state index >= 15 is 0 Å². The summed E-state index contributed by atoms with van der Waals surface area (Å²) < 4.78 is 18.4. The average Bonchev–Trinajstić information content (AvgIpc) is 2.59. The SMILES string of the molecule is COc1cc(C(C)NCC(O)c2ccc(C#N)cc2)ccc1F. The van der Waals surface area contributed by atoms with Crippen LogP contribution in [-0.2, 0) is 0 Å². The zero-order valence-electron chi connectivity index (χ0n) is 13.1. The molecular weight excluding hydrogens is 295 g/mol. The van der Waals surface area contributed by atoms with Gasteiger partial charge in [0.1, 0.15) is 0 Å². The number of hydrogen-bond donors (Lipinski definition) is 2. The van der Waals surface area contributed by atoms with Crippen molar-refractivity contribution < 1.29 is 14.2 Å². The van der Waals surface area contributed by atoms with E-state index in [0.29, 0.717) is 12.1 Å². The molecule has 2 aromatic rings. The standard InChI is InChI=1S/C18H19FN2O2/c1-12(15-7-8-16(19)18(9-15)23-2)21-11-17(22)14-5-3-13(10-20)4-6-14/h3-9,12,17,21-22H,11H2,1-2H3. The molecule has 0 spiro atoms. The zero-order valence-corrected chi connectivity index (χ0v) is 13.1. The monoisotopic (exact) mass is 314 g/mol. The van der Waals surface area contributed by atoms with Gasteiger partial charge in [-0.15, -0.1) is 0 Å². The summed E-state index contributed by atoms with van der Waals surface area (Å²) in [4.78, 5) is 0. The second-order valence-electron chi connectivity index (χ2n) is 5.27. The molecule has 0 amide bonds. The van der Waals surface area contributed by atoms with Crippen molar-refractivity contribution in [2.24, 2.45) is 0 Å². The second-order valence-corrected chi connectivity index (χ2v) is 5.27. The van der Waals surface area contributed by atoms with Gasteiger partial charge < -0.3 is 15.2 Å². The third kappa shape index (κ3) is 4.28. The van der Waals surface area contributed by atoms with E-state index in [4.69, 9.17) is 10.00 Å². The molecular formula is C18H19FN2O2. The van der Waals surface area contributed by atoms with Gasteiger partial charge >= 0.3 is 0 Å². The van der Waals surface area contributed by atoms with Gasteiger partial charge in [0.15, 0.2) is 11.6 Å². The minimum Gasteiger partial charge on any atom is -0.494 e. The van der Waals surface area contributed by atoms with Crippen molar-refractivity contribution in [3.8, 4) is 11.8 Å². The molecule has 0 aliphatic heterocycles. The smallest absolute Gasteiger partial charge is 0.165 e. The molecule has 0 radical (unpaired) electrons. The lowest BCUT2D eigenvalue weighted by molar-refractivity contribution is 0.171. The fourth-order valence-corrected chi connectivity index (χ4v) is 2.25. The molecule has 0 fully saturated rings. The number of methoxy groups -OCH3 is 1. The van der Waals surface area contributed by atoms with E-state index in [9.17, 15) is 9.50 Å². The van der Waals surface area contributed by atoms with Crippen molar-refractivity contribution in [2.45, 2.75) is 19.1 Å². The van der Waals surface area contributed by atoms with E-state index in [2.05, 4.69) is 5.32 Å². The highest BCUT2D eigenvalue weighted by Crippen LogP contribution is 2.23. The quantitative estimate of drug-likeness (QED) is 0.860. The number of aliphatic hydroxyl groups is 1. The van der Waals surface area contributed by atoms with E-state index in [1.807, 2.05) is 13.0 Å². The Morgan fingerprint density at radius 2 is 1.87 bits per heavy atom. The molecule has 5 heteroatoms. The van der Waals surface area contributed by atoms with Gasteiger partial charge in [-0.25, -0.2) is 4.39 Å². The van der Waals surface area contributed by atoms with Crippen LogP contribution in [0.15, 0.2) is 42.5 Å². The summed E-state index contributed by atoms with van der Waals surface area (Å²) >= 11 is 0. The van der Waals surface area contributed by atoms with Crippen LogP contribution in [0.1, 0.15) is 35.8 Å². The predicted molar refractivity (Wildman–Crippen MR) is 85.5 cm³/mol. The Morgan fingerprint density at radius 1 is 1.22 bits per heavy atom. The van der Waals surface area contributed by atoms with Crippen LogP contribution in [-0.4, -0.2) is 18.8 Å². The largest absolute Gasteiger partial charge is 0.494 e. The Morgan fingerprint density at radius 3 is 2.48 bits per heavy atom. The molecule has 0 heterocycles. The van der Waals surface area contributed by atoms with E-state index in [-0.39, 0.29) is 11.8 Å². The lowest BCUT2D eigenvalue weighted by atomic mass is 10.1. The molecule has 2 aromatic carbocycles. The van der Waals surface area contributed by atoms with Crippen LogP contribution in [0.25, 0.3) is 0 Å². The fourth-order valence-electron chi connectivity index (χ4n) is 2.25. The fraction of sp³-hybridized carbons (Fsp3) is 0.278. The number of hydrogen-bond acceptors (Lipinski definition) is 4. The van der Waals surface area contributed by atoms with Gasteiger partial charge in [0.25, 0.3) is 0 Å². The summed E-state index contributed by atoms with van der Waals surface area (Å²) in [5.74, 6) is -0.204. The predicted octanol–water partition coefficient (Wildman–Crippen LogP) is 3.09. The normalized spacial score (nSPS) is 13.2. The van der Waals surface area contributed by atoms with Crippen LogP contribution in [0, 0.1) is 17.1 Å². The maximum absolute atomic E-state index is 13.4. The Labute approximate surface area is 135 Å². The van der Waals surface area contributed by atoms with Gasteiger partial charge in [0, 0.05) is 12.6 Å². The third-order valence-corrected chi connectivity index (χ3v) is 3.72. The number of ether oxygens (including phenoxy) is 1. The van der Waals surface area contributed by atoms with Crippen molar-refractivity contribution in [3.05, 3.63) is 65.0 Å². The summed E-state index contributed by atoms with van der Waals surface area (Å²) in [5, 5.41) is 22.2. The number of rotatable bonds is 6. The number of benzene rings is 2. The molecule has 2 N–H and O–H groups in total. The number of nitriles is 1. The number of nitrogens with zero attached hydrogens (tertiary/aromatic N) is 1. The molecule has 0 bridgehead atoms. The lowest BCUT2D eigenvalue weighted by Gasteiger charge is -2.18. The van der Waals surface area contributed by atoms with E-state index in [1.165, 1.54) is 13.2 Å². The third-order valence-electron chi connectivity index (χ3n) is 3.72. The number of nitrogens with one attached hydrogen (secondary N) is 1. The Kier molecular flexibility index (Phi) is 5.69. The molecule has 0 aliphatic carbocycles. The molecule has 0 aromatic heterocycles. The maximum Gasteiger partial charge on any atom is 0.165 e. The minimum absolute atomic E-state index is 0.0717. The first-order chi connectivity index (χ1) is 11.0.